The molecule has 0 radical (unpaired) electrons. The number of para-hydroxylation sites is 1. The normalized spacial score (nSPS) is 17.0. The highest BCUT2D eigenvalue weighted by atomic mass is 79.9. The van der Waals surface area contributed by atoms with Crippen LogP contribution < -0.4 is 5.32 Å². The number of anilines is 1. The van der Waals surface area contributed by atoms with Crippen LogP contribution >= 0.6 is 15.9 Å². The van der Waals surface area contributed by atoms with Crippen LogP contribution in [0.4, 0.5) is 5.82 Å². The van der Waals surface area contributed by atoms with Gasteiger partial charge in [-0.3, -0.25) is 0 Å². The smallest absolute Gasteiger partial charge is 0.186 e. The Morgan fingerprint density at radius 1 is 1.19 bits per heavy atom. The highest BCUT2D eigenvalue weighted by molar-refractivity contribution is 9.10. The molecule has 1 atom stereocenters. The molecule has 2 aromatic heterocycles. The molecule has 1 aliphatic rings. The molecule has 136 valence electrons. The van der Waals surface area contributed by atoms with E-state index >= 15 is 0 Å². The van der Waals surface area contributed by atoms with Crippen molar-refractivity contribution in [2.24, 2.45) is 0 Å². The monoisotopic (exact) mass is 423 g/mol. The Bertz CT molecular complexity index is 1120. The van der Waals surface area contributed by atoms with E-state index in [0.717, 1.165) is 64.1 Å². The maximum atomic E-state index is 5.74. The van der Waals surface area contributed by atoms with Crippen molar-refractivity contribution in [2.75, 3.05) is 18.5 Å². The van der Waals surface area contributed by atoms with Crippen molar-refractivity contribution in [1.29, 1.82) is 0 Å². The third-order valence-corrected chi connectivity index (χ3v) is 5.36. The van der Waals surface area contributed by atoms with Crippen LogP contribution in [-0.2, 0) is 4.74 Å². The van der Waals surface area contributed by atoms with Crippen LogP contribution in [0.3, 0.4) is 0 Å². The van der Waals surface area contributed by atoms with Crippen LogP contribution in [0.2, 0.25) is 0 Å². The Morgan fingerprint density at radius 3 is 2.96 bits per heavy atom. The lowest BCUT2D eigenvalue weighted by atomic mass is 10.1. The second kappa shape index (κ2) is 6.90. The lowest BCUT2D eigenvalue weighted by molar-refractivity contribution is 0.120. The van der Waals surface area contributed by atoms with Crippen LogP contribution in [0, 0.1) is 0 Å². The third-order valence-electron chi connectivity index (χ3n) is 4.87. The van der Waals surface area contributed by atoms with Crippen molar-refractivity contribution in [3.05, 3.63) is 53.0 Å². The summed E-state index contributed by atoms with van der Waals surface area (Å²) in [5.74, 6) is 0.840. The minimum Gasteiger partial charge on any atom is -0.376 e. The molecule has 4 aromatic rings. The first-order valence-corrected chi connectivity index (χ1v) is 9.84. The second-order valence-corrected chi connectivity index (χ2v) is 7.59. The van der Waals surface area contributed by atoms with Gasteiger partial charge in [0.2, 0.25) is 0 Å². The number of nitrogens with one attached hydrogen (secondary N) is 1. The maximum absolute atomic E-state index is 5.74. The molecule has 0 amide bonds. The Hall–Kier alpha value is -2.51. The maximum Gasteiger partial charge on any atom is 0.186 e. The predicted molar refractivity (Wildman–Crippen MR) is 109 cm³/mol. The summed E-state index contributed by atoms with van der Waals surface area (Å²) in [5.41, 5.74) is 3.46. The summed E-state index contributed by atoms with van der Waals surface area (Å²) in [6.07, 6.45) is 2.46. The lowest BCUT2D eigenvalue weighted by Gasteiger charge is -2.13. The van der Waals surface area contributed by atoms with Gasteiger partial charge < -0.3 is 10.1 Å². The number of aromatic nitrogens is 4. The number of rotatable bonds is 4. The molecule has 6 nitrogen and oxygen atoms in total. The molecule has 3 heterocycles. The van der Waals surface area contributed by atoms with Crippen LogP contribution in [-0.4, -0.2) is 39.1 Å². The highest BCUT2D eigenvalue weighted by Gasteiger charge is 2.18. The zero-order valence-corrected chi connectivity index (χ0v) is 16.2. The van der Waals surface area contributed by atoms with E-state index in [9.17, 15) is 0 Å². The molecule has 0 aliphatic carbocycles. The minimum atomic E-state index is 0.245. The van der Waals surface area contributed by atoms with E-state index in [0.29, 0.717) is 0 Å². The van der Waals surface area contributed by atoms with E-state index in [2.05, 4.69) is 37.6 Å². The summed E-state index contributed by atoms with van der Waals surface area (Å²) in [5, 5.41) is 13.3. The lowest BCUT2D eigenvalue weighted by Crippen LogP contribution is -2.19. The molecule has 0 bridgehead atoms. The molecule has 2 aromatic carbocycles. The summed E-state index contributed by atoms with van der Waals surface area (Å²) in [6.45, 7) is 1.60. The molecule has 7 heteroatoms. The van der Waals surface area contributed by atoms with Gasteiger partial charge in [-0.25, -0.2) is 4.98 Å². The standard InChI is InChI=1S/C20H18BrN5O/c21-14-6-3-5-13(11-14)18-20-23-19(22-12-15-7-4-10-27-15)16-8-1-2-9-17(16)26(20)25-24-18/h1-3,5-6,8-9,11,15H,4,7,10,12H2,(H,22,23)/t15-/m1/s1. The molecule has 27 heavy (non-hydrogen) atoms. The fourth-order valence-corrected chi connectivity index (χ4v) is 3.94. The van der Waals surface area contributed by atoms with Gasteiger partial charge in [0.25, 0.3) is 0 Å². The fraction of sp³-hybridized carbons (Fsp3) is 0.250. The van der Waals surface area contributed by atoms with Gasteiger partial charge in [0.05, 0.1) is 11.6 Å². The van der Waals surface area contributed by atoms with E-state index in [1.54, 1.807) is 0 Å². The summed E-state index contributed by atoms with van der Waals surface area (Å²) in [6, 6.07) is 16.1. The van der Waals surface area contributed by atoms with E-state index in [1.165, 1.54) is 0 Å². The summed E-state index contributed by atoms with van der Waals surface area (Å²) in [4.78, 5) is 4.89. The quantitative estimate of drug-likeness (QED) is 0.529. The molecule has 5 rings (SSSR count). The highest BCUT2D eigenvalue weighted by Crippen LogP contribution is 2.29. The third kappa shape index (κ3) is 3.07. The van der Waals surface area contributed by atoms with Crippen molar-refractivity contribution in [3.8, 4) is 11.3 Å². The minimum absolute atomic E-state index is 0.245. The number of hydrogen-bond donors (Lipinski definition) is 1. The molecule has 1 N–H and O–H groups in total. The first-order chi connectivity index (χ1) is 13.3. The zero-order chi connectivity index (χ0) is 18.2. The van der Waals surface area contributed by atoms with E-state index in [-0.39, 0.29) is 6.10 Å². The van der Waals surface area contributed by atoms with Crippen LogP contribution in [0.1, 0.15) is 12.8 Å². The molecule has 0 saturated carbocycles. The van der Waals surface area contributed by atoms with Gasteiger partial charge in [-0.1, -0.05) is 45.4 Å². The summed E-state index contributed by atoms with van der Waals surface area (Å²) < 4.78 is 8.55. The Morgan fingerprint density at radius 2 is 2.11 bits per heavy atom. The first-order valence-electron chi connectivity index (χ1n) is 9.05. The van der Waals surface area contributed by atoms with Gasteiger partial charge in [0.1, 0.15) is 11.5 Å². The van der Waals surface area contributed by atoms with E-state index < -0.39 is 0 Å². The second-order valence-electron chi connectivity index (χ2n) is 6.68. The van der Waals surface area contributed by atoms with Crippen LogP contribution in [0.15, 0.2) is 53.0 Å². The van der Waals surface area contributed by atoms with Gasteiger partial charge in [0, 0.05) is 28.6 Å². The number of hydrogen-bond acceptors (Lipinski definition) is 5. The Kier molecular flexibility index (Phi) is 4.26. The SMILES string of the molecule is Brc1cccc(-c2nnn3c2nc(NC[C@H]2CCCO2)c2ccccc23)c1. The molecule has 1 fully saturated rings. The molecule has 0 unspecified atom stereocenters. The van der Waals surface area contributed by atoms with E-state index in [1.807, 2.05) is 47.0 Å². The van der Waals surface area contributed by atoms with Crippen LogP contribution in [0.25, 0.3) is 27.8 Å². The van der Waals surface area contributed by atoms with Gasteiger partial charge >= 0.3 is 0 Å². The molecule has 0 spiro atoms. The van der Waals surface area contributed by atoms with Gasteiger partial charge in [-0.2, -0.15) is 4.52 Å². The topological polar surface area (TPSA) is 64.3 Å². The van der Waals surface area contributed by atoms with Crippen molar-refractivity contribution < 1.29 is 4.74 Å². The predicted octanol–water partition coefficient (Wildman–Crippen LogP) is 4.30. The van der Waals surface area contributed by atoms with Gasteiger partial charge in [0.15, 0.2) is 5.65 Å². The first kappa shape index (κ1) is 16.6. The van der Waals surface area contributed by atoms with Crippen molar-refractivity contribution in [2.45, 2.75) is 18.9 Å². The molecular weight excluding hydrogens is 406 g/mol. The summed E-state index contributed by atoms with van der Waals surface area (Å²) in [7, 11) is 0. The van der Waals surface area contributed by atoms with Crippen molar-refractivity contribution in [3.63, 3.8) is 0 Å². The number of benzene rings is 2. The van der Waals surface area contributed by atoms with Crippen LogP contribution in [0.5, 0.6) is 0 Å². The average molecular weight is 424 g/mol. The number of nitrogens with zero attached hydrogens (tertiary/aromatic N) is 4. The molecular formula is C20H18BrN5O. The zero-order valence-electron chi connectivity index (χ0n) is 14.6. The van der Waals surface area contributed by atoms with Crippen molar-refractivity contribution in [1.82, 2.24) is 19.8 Å². The van der Waals surface area contributed by atoms with Crippen molar-refractivity contribution >= 4 is 38.3 Å². The fourth-order valence-electron chi connectivity index (χ4n) is 3.54. The average Bonchev–Trinajstić information content (AvgIpc) is 3.36. The number of ether oxygens (including phenoxy) is 1. The summed E-state index contributed by atoms with van der Waals surface area (Å²) >= 11 is 3.53. The molecule has 1 aliphatic heterocycles. The Labute approximate surface area is 164 Å². The Balaban J connectivity index is 1.64. The van der Waals surface area contributed by atoms with Gasteiger partial charge in [-0.05, 0) is 37.1 Å². The largest absolute Gasteiger partial charge is 0.376 e. The number of fused-ring (bicyclic) bond motifs is 3. The molecule has 1 saturated heterocycles. The number of halogens is 1. The van der Waals surface area contributed by atoms with E-state index in [4.69, 9.17) is 9.72 Å². The van der Waals surface area contributed by atoms with Gasteiger partial charge in [-0.15, -0.1) is 5.10 Å².